The van der Waals surface area contributed by atoms with Crippen LogP contribution >= 0.6 is 0 Å². The van der Waals surface area contributed by atoms with Crippen molar-refractivity contribution in [1.29, 1.82) is 0 Å². The van der Waals surface area contributed by atoms with Crippen molar-refractivity contribution in [3.05, 3.63) is 47.7 Å². The second-order valence-electron chi connectivity index (χ2n) is 5.39. The molecule has 1 aromatic carbocycles. The standard InChI is InChI=1S/C17H22N2O3/c1-13(12-16(20)14-8-5-4-6-9-14)19-11-7-10-15(19)17(21)18(2)22-3/h4-6,8-9,12,15H,7,10-11H2,1-3H3/b13-12+. The summed E-state index contributed by atoms with van der Waals surface area (Å²) in [5.41, 5.74) is 1.46. The highest BCUT2D eigenvalue weighted by Gasteiger charge is 2.33. The first-order chi connectivity index (χ1) is 10.5. The van der Waals surface area contributed by atoms with E-state index in [1.807, 2.05) is 30.0 Å². The number of likely N-dealkylation sites (N-methyl/N-ethyl adjacent to an activating group) is 1. The summed E-state index contributed by atoms with van der Waals surface area (Å²) in [6.45, 7) is 2.65. The van der Waals surface area contributed by atoms with Crippen LogP contribution in [-0.2, 0) is 9.63 Å². The molecule has 1 fully saturated rings. The molecule has 1 heterocycles. The van der Waals surface area contributed by atoms with Gasteiger partial charge >= 0.3 is 0 Å². The molecule has 1 aliphatic rings. The molecule has 5 nitrogen and oxygen atoms in total. The third-order valence-corrected chi connectivity index (χ3v) is 3.97. The molecule has 0 bridgehead atoms. The van der Waals surface area contributed by atoms with Gasteiger partial charge in [-0.15, -0.1) is 0 Å². The van der Waals surface area contributed by atoms with E-state index < -0.39 is 0 Å². The summed E-state index contributed by atoms with van der Waals surface area (Å²) >= 11 is 0. The maximum absolute atomic E-state index is 12.3. The Kier molecular flexibility index (Phi) is 5.33. The van der Waals surface area contributed by atoms with Crippen LogP contribution in [0.3, 0.4) is 0 Å². The Labute approximate surface area is 131 Å². The third kappa shape index (κ3) is 3.54. The molecule has 2 rings (SSSR count). The van der Waals surface area contributed by atoms with Crippen molar-refractivity contribution in [2.24, 2.45) is 0 Å². The number of likely N-dealkylation sites (tertiary alicyclic amines) is 1. The summed E-state index contributed by atoms with van der Waals surface area (Å²) in [5, 5.41) is 1.25. The molecule has 1 atom stereocenters. The Morgan fingerprint density at radius 2 is 2.00 bits per heavy atom. The highest BCUT2D eigenvalue weighted by atomic mass is 16.7. The van der Waals surface area contributed by atoms with E-state index in [2.05, 4.69) is 0 Å². The number of ketones is 1. The molecule has 5 heteroatoms. The minimum Gasteiger partial charge on any atom is -0.363 e. The summed E-state index contributed by atoms with van der Waals surface area (Å²) in [7, 11) is 3.08. The van der Waals surface area contributed by atoms with Crippen molar-refractivity contribution in [3.8, 4) is 0 Å². The summed E-state index contributed by atoms with van der Waals surface area (Å²) in [6, 6.07) is 8.88. The van der Waals surface area contributed by atoms with Gasteiger partial charge in [0.25, 0.3) is 5.91 Å². The molecule has 0 radical (unpaired) electrons. The van der Waals surface area contributed by atoms with Crippen LogP contribution in [0.5, 0.6) is 0 Å². The molecule has 0 saturated carbocycles. The molecule has 0 aromatic heterocycles. The molecule has 1 aromatic rings. The van der Waals surface area contributed by atoms with Gasteiger partial charge in [0.05, 0.1) is 7.11 Å². The summed E-state index contributed by atoms with van der Waals surface area (Å²) < 4.78 is 0. The molecule has 0 spiro atoms. The monoisotopic (exact) mass is 302 g/mol. The van der Waals surface area contributed by atoms with Gasteiger partial charge in [-0.2, -0.15) is 0 Å². The van der Waals surface area contributed by atoms with Gasteiger partial charge in [-0.05, 0) is 19.8 Å². The van der Waals surface area contributed by atoms with Gasteiger partial charge in [-0.25, -0.2) is 5.06 Å². The number of carbonyl (C=O) groups excluding carboxylic acids is 2. The van der Waals surface area contributed by atoms with Crippen LogP contribution in [-0.4, -0.2) is 48.4 Å². The maximum atomic E-state index is 12.3. The molecule has 1 saturated heterocycles. The first-order valence-electron chi connectivity index (χ1n) is 7.40. The fourth-order valence-electron chi connectivity index (χ4n) is 2.70. The summed E-state index contributed by atoms with van der Waals surface area (Å²) in [6.07, 6.45) is 3.31. The number of hydrogen-bond acceptors (Lipinski definition) is 4. The number of rotatable bonds is 5. The average molecular weight is 302 g/mol. The number of benzene rings is 1. The molecule has 22 heavy (non-hydrogen) atoms. The number of hydrogen-bond donors (Lipinski definition) is 0. The molecule has 1 unspecified atom stereocenters. The fourth-order valence-corrected chi connectivity index (χ4v) is 2.70. The van der Waals surface area contributed by atoms with E-state index in [1.54, 1.807) is 25.3 Å². The third-order valence-electron chi connectivity index (χ3n) is 3.97. The van der Waals surface area contributed by atoms with Crippen LogP contribution in [0.4, 0.5) is 0 Å². The zero-order valence-electron chi connectivity index (χ0n) is 13.3. The van der Waals surface area contributed by atoms with Gasteiger partial charge in [-0.1, -0.05) is 30.3 Å². The lowest BCUT2D eigenvalue weighted by atomic mass is 10.1. The van der Waals surface area contributed by atoms with Gasteiger partial charge in [0.1, 0.15) is 6.04 Å². The Bertz CT molecular complexity index is 569. The lowest BCUT2D eigenvalue weighted by Crippen LogP contribution is -2.43. The molecule has 1 amide bonds. The largest absolute Gasteiger partial charge is 0.363 e. The number of allylic oxidation sites excluding steroid dienone is 2. The van der Waals surface area contributed by atoms with Crippen molar-refractivity contribution in [1.82, 2.24) is 9.96 Å². The van der Waals surface area contributed by atoms with Crippen LogP contribution in [0.15, 0.2) is 42.1 Å². The predicted octanol–water partition coefficient (Wildman–Crippen LogP) is 2.26. The van der Waals surface area contributed by atoms with E-state index in [9.17, 15) is 9.59 Å². The predicted molar refractivity (Wildman–Crippen MR) is 84.0 cm³/mol. The zero-order valence-corrected chi connectivity index (χ0v) is 13.3. The van der Waals surface area contributed by atoms with Crippen LogP contribution in [0, 0.1) is 0 Å². The number of carbonyl (C=O) groups is 2. The van der Waals surface area contributed by atoms with Crippen molar-refractivity contribution < 1.29 is 14.4 Å². The van der Waals surface area contributed by atoms with Crippen LogP contribution in [0.2, 0.25) is 0 Å². The molecule has 1 aliphatic heterocycles. The summed E-state index contributed by atoms with van der Waals surface area (Å²) in [5.74, 6) is -0.129. The number of nitrogens with zero attached hydrogens (tertiary/aromatic N) is 2. The topological polar surface area (TPSA) is 49.9 Å². The van der Waals surface area contributed by atoms with Gasteiger partial charge in [0.2, 0.25) is 0 Å². The minimum atomic E-state index is -0.259. The molecule has 0 aliphatic carbocycles. The second kappa shape index (κ2) is 7.22. The normalized spacial score (nSPS) is 18.4. The van der Waals surface area contributed by atoms with Crippen molar-refractivity contribution in [2.75, 3.05) is 20.7 Å². The van der Waals surface area contributed by atoms with Crippen LogP contribution < -0.4 is 0 Å². The lowest BCUT2D eigenvalue weighted by Gasteiger charge is -2.28. The lowest BCUT2D eigenvalue weighted by molar-refractivity contribution is -0.173. The van der Waals surface area contributed by atoms with Gasteiger partial charge in [0.15, 0.2) is 5.78 Å². The molecule has 0 N–H and O–H groups in total. The smallest absolute Gasteiger partial charge is 0.268 e. The quantitative estimate of drug-likeness (QED) is 0.475. The van der Waals surface area contributed by atoms with E-state index in [0.717, 1.165) is 25.1 Å². The van der Waals surface area contributed by atoms with Crippen LogP contribution in [0.25, 0.3) is 0 Å². The number of amides is 1. The maximum Gasteiger partial charge on any atom is 0.268 e. The van der Waals surface area contributed by atoms with Crippen molar-refractivity contribution in [2.45, 2.75) is 25.8 Å². The van der Waals surface area contributed by atoms with E-state index in [0.29, 0.717) is 5.56 Å². The second-order valence-corrected chi connectivity index (χ2v) is 5.39. The van der Waals surface area contributed by atoms with Crippen LogP contribution in [0.1, 0.15) is 30.1 Å². The fraction of sp³-hybridized carbons (Fsp3) is 0.412. The van der Waals surface area contributed by atoms with E-state index in [1.165, 1.54) is 12.2 Å². The van der Waals surface area contributed by atoms with E-state index in [4.69, 9.17) is 4.84 Å². The van der Waals surface area contributed by atoms with E-state index in [-0.39, 0.29) is 17.7 Å². The van der Waals surface area contributed by atoms with Crippen molar-refractivity contribution in [3.63, 3.8) is 0 Å². The van der Waals surface area contributed by atoms with Gasteiger partial charge < -0.3 is 4.90 Å². The number of hydroxylamine groups is 2. The average Bonchev–Trinajstić information content (AvgIpc) is 3.03. The molecular weight excluding hydrogens is 280 g/mol. The Balaban J connectivity index is 2.14. The van der Waals surface area contributed by atoms with Crippen molar-refractivity contribution >= 4 is 11.7 Å². The van der Waals surface area contributed by atoms with E-state index >= 15 is 0 Å². The zero-order chi connectivity index (χ0) is 16.1. The summed E-state index contributed by atoms with van der Waals surface area (Å²) in [4.78, 5) is 31.5. The Morgan fingerprint density at radius 3 is 2.64 bits per heavy atom. The molecular formula is C17H22N2O3. The Morgan fingerprint density at radius 1 is 1.32 bits per heavy atom. The SMILES string of the molecule is CON(C)C(=O)C1CCCN1/C(C)=C/C(=O)c1ccccc1. The first-order valence-corrected chi connectivity index (χ1v) is 7.40. The highest BCUT2D eigenvalue weighted by Crippen LogP contribution is 2.24. The van der Waals surface area contributed by atoms with Gasteiger partial charge in [-0.3, -0.25) is 14.4 Å². The Hall–Kier alpha value is -2.14. The van der Waals surface area contributed by atoms with Gasteiger partial charge in [0, 0.05) is 30.9 Å². The first kappa shape index (κ1) is 16.2. The molecule has 118 valence electrons. The highest BCUT2D eigenvalue weighted by molar-refractivity contribution is 6.04. The minimum absolute atomic E-state index is 0.0451.